The number of nitrogens with zero attached hydrogens (tertiary/aromatic N) is 2. The van der Waals surface area contributed by atoms with Crippen molar-refractivity contribution in [1.29, 1.82) is 0 Å². The first-order valence-electron chi connectivity index (χ1n) is 8.65. The molecule has 2 aromatic rings. The van der Waals surface area contributed by atoms with E-state index in [1.54, 1.807) is 42.6 Å². The van der Waals surface area contributed by atoms with Crippen LogP contribution in [0.25, 0.3) is 0 Å². The van der Waals surface area contributed by atoms with Crippen LogP contribution in [0.1, 0.15) is 21.5 Å². The number of rotatable bonds is 6. The topological polar surface area (TPSA) is 109 Å². The van der Waals surface area contributed by atoms with Crippen LogP contribution < -0.4 is 10.1 Å². The minimum absolute atomic E-state index is 0.281. The molecule has 1 atom stereocenters. The van der Waals surface area contributed by atoms with Gasteiger partial charge in [0.25, 0.3) is 5.91 Å². The first-order chi connectivity index (χ1) is 13.9. The first kappa shape index (κ1) is 21.6. The Morgan fingerprint density at radius 2 is 1.76 bits per heavy atom. The molecule has 1 heterocycles. The Morgan fingerprint density at radius 1 is 1.14 bits per heavy atom. The van der Waals surface area contributed by atoms with Crippen LogP contribution in [0.4, 0.5) is 0 Å². The van der Waals surface area contributed by atoms with Gasteiger partial charge in [-0.15, -0.1) is 0 Å². The molecule has 0 fully saturated rings. The van der Waals surface area contributed by atoms with Gasteiger partial charge in [-0.2, -0.15) is 0 Å². The molecule has 0 saturated heterocycles. The molecule has 0 aliphatic carbocycles. The van der Waals surface area contributed by atoms with Crippen molar-refractivity contribution in [2.75, 3.05) is 27.8 Å². The fourth-order valence-corrected chi connectivity index (χ4v) is 2.50. The third-order valence-corrected chi connectivity index (χ3v) is 4.09. The van der Waals surface area contributed by atoms with Crippen molar-refractivity contribution >= 4 is 17.6 Å². The smallest absolute Gasteiger partial charge is 0.254 e. The zero-order valence-corrected chi connectivity index (χ0v) is 16.3. The summed E-state index contributed by atoms with van der Waals surface area (Å²) in [4.78, 5) is 41.5. The van der Waals surface area contributed by atoms with E-state index < -0.39 is 30.2 Å². The van der Waals surface area contributed by atoms with Crippen LogP contribution in [-0.4, -0.2) is 66.4 Å². The zero-order valence-electron chi connectivity index (χ0n) is 16.3. The summed E-state index contributed by atoms with van der Waals surface area (Å²) in [6.07, 6.45) is 1.59. The van der Waals surface area contributed by atoms with Crippen molar-refractivity contribution < 1.29 is 24.2 Å². The predicted octanol–water partition coefficient (Wildman–Crippen LogP) is 0.238. The van der Waals surface area contributed by atoms with E-state index in [0.29, 0.717) is 17.0 Å². The van der Waals surface area contributed by atoms with Crippen LogP contribution in [0.15, 0.2) is 42.6 Å². The second kappa shape index (κ2) is 10.0. The molecule has 8 heteroatoms. The van der Waals surface area contributed by atoms with Gasteiger partial charge in [0.2, 0.25) is 11.8 Å². The Kier molecular flexibility index (Phi) is 7.46. The standard InChI is InChI=1S/C21H21N3O5/c1-22-20(27)19(17(26)13-25)24(2)21(28)16-9-6-14(7-10-16)4-5-15-8-11-18(29-3)23-12-15/h6-12,19,25H,13H2,1-3H3,(H,22,27). The molecule has 8 nitrogen and oxygen atoms in total. The van der Waals surface area contributed by atoms with E-state index in [2.05, 4.69) is 22.1 Å². The Labute approximate surface area is 168 Å². The molecule has 2 N–H and O–H groups in total. The number of amides is 2. The Hall–Kier alpha value is -3.70. The molecule has 29 heavy (non-hydrogen) atoms. The number of pyridine rings is 1. The van der Waals surface area contributed by atoms with Gasteiger partial charge in [-0.25, -0.2) is 4.98 Å². The van der Waals surface area contributed by atoms with Crippen molar-refractivity contribution in [3.8, 4) is 17.7 Å². The van der Waals surface area contributed by atoms with Crippen LogP contribution in [0.5, 0.6) is 5.88 Å². The molecule has 0 bridgehead atoms. The summed E-state index contributed by atoms with van der Waals surface area (Å²) in [7, 11) is 4.22. The van der Waals surface area contributed by atoms with Crippen molar-refractivity contribution in [2.45, 2.75) is 6.04 Å². The molecule has 150 valence electrons. The number of methoxy groups -OCH3 is 1. The summed E-state index contributed by atoms with van der Waals surface area (Å²) in [5.74, 6) is 4.45. The number of carbonyl (C=O) groups is 3. The first-order valence-corrected chi connectivity index (χ1v) is 8.65. The number of aromatic nitrogens is 1. The van der Waals surface area contributed by atoms with Crippen molar-refractivity contribution in [2.24, 2.45) is 0 Å². The number of hydrogen-bond donors (Lipinski definition) is 2. The number of nitrogens with one attached hydrogen (secondary N) is 1. The van der Waals surface area contributed by atoms with Crippen LogP contribution >= 0.6 is 0 Å². The lowest BCUT2D eigenvalue weighted by Gasteiger charge is -2.25. The molecule has 0 saturated carbocycles. The van der Waals surface area contributed by atoms with E-state index >= 15 is 0 Å². The maximum Gasteiger partial charge on any atom is 0.254 e. The number of aliphatic hydroxyl groups excluding tert-OH is 1. The van der Waals surface area contributed by atoms with Crippen LogP contribution in [0.2, 0.25) is 0 Å². The number of ketones is 1. The van der Waals surface area contributed by atoms with Gasteiger partial charge < -0.3 is 20.1 Å². The van der Waals surface area contributed by atoms with E-state index in [1.165, 1.54) is 21.2 Å². The van der Waals surface area contributed by atoms with E-state index in [1.807, 2.05) is 0 Å². The van der Waals surface area contributed by atoms with E-state index in [-0.39, 0.29) is 5.56 Å². The SMILES string of the molecule is CNC(=O)C(C(=O)CO)N(C)C(=O)c1ccc(C#Cc2ccc(OC)nc2)cc1. The van der Waals surface area contributed by atoms with Crippen LogP contribution in [0, 0.1) is 11.8 Å². The molecular formula is C21H21N3O5. The maximum absolute atomic E-state index is 12.6. The average molecular weight is 395 g/mol. The third-order valence-electron chi connectivity index (χ3n) is 4.09. The van der Waals surface area contributed by atoms with Gasteiger partial charge in [0.05, 0.1) is 7.11 Å². The molecule has 0 spiro atoms. The molecule has 1 unspecified atom stereocenters. The highest BCUT2D eigenvalue weighted by Gasteiger charge is 2.32. The molecule has 0 aliphatic rings. The van der Waals surface area contributed by atoms with Gasteiger partial charge in [-0.3, -0.25) is 14.4 Å². The highest BCUT2D eigenvalue weighted by Crippen LogP contribution is 2.10. The monoisotopic (exact) mass is 395 g/mol. The zero-order chi connectivity index (χ0) is 21.4. The van der Waals surface area contributed by atoms with Crippen molar-refractivity contribution in [1.82, 2.24) is 15.2 Å². The van der Waals surface area contributed by atoms with Gasteiger partial charge in [-0.1, -0.05) is 11.8 Å². The van der Waals surface area contributed by atoms with Crippen molar-refractivity contribution in [3.05, 3.63) is 59.3 Å². The number of Topliss-reactive ketones (excluding diaryl/α,β-unsaturated/α-hetero) is 1. The molecule has 2 rings (SSSR count). The summed E-state index contributed by atoms with van der Waals surface area (Å²) in [6, 6.07) is 8.51. The Balaban J connectivity index is 2.16. The molecule has 0 aliphatic heterocycles. The number of carbonyl (C=O) groups excluding carboxylic acids is 3. The summed E-state index contributed by atoms with van der Waals surface area (Å²) in [5.41, 5.74) is 1.67. The minimum Gasteiger partial charge on any atom is -0.481 e. The number of hydrogen-bond acceptors (Lipinski definition) is 6. The van der Waals surface area contributed by atoms with Gasteiger partial charge in [-0.05, 0) is 30.3 Å². The van der Waals surface area contributed by atoms with Gasteiger partial charge in [0.15, 0.2) is 11.8 Å². The Bertz CT molecular complexity index is 927. The lowest BCUT2D eigenvalue weighted by Crippen LogP contribution is -2.52. The summed E-state index contributed by atoms with van der Waals surface area (Å²) in [6.45, 7) is -0.843. The number of ether oxygens (including phenoxy) is 1. The fraction of sp³-hybridized carbons (Fsp3) is 0.238. The molecule has 1 aromatic heterocycles. The molecule has 2 amide bonds. The van der Waals surface area contributed by atoms with Gasteiger partial charge in [0.1, 0.15) is 6.61 Å². The third kappa shape index (κ3) is 5.40. The largest absolute Gasteiger partial charge is 0.481 e. The second-order valence-corrected chi connectivity index (χ2v) is 5.97. The highest BCUT2D eigenvalue weighted by atomic mass is 16.5. The summed E-state index contributed by atoms with van der Waals surface area (Å²) >= 11 is 0. The van der Waals surface area contributed by atoms with E-state index in [0.717, 1.165) is 4.90 Å². The Morgan fingerprint density at radius 3 is 2.28 bits per heavy atom. The number of likely N-dealkylation sites (N-methyl/N-ethyl adjacent to an activating group) is 2. The summed E-state index contributed by atoms with van der Waals surface area (Å²) < 4.78 is 4.99. The second-order valence-electron chi connectivity index (χ2n) is 5.97. The number of benzene rings is 1. The lowest BCUT2D eigenvalue weighted by atomic mass is 10.1. The van der Waals surface area contributed by atoms with Crippen LogP contribution in [-0.2, 0) is 9.59 Å². The summed E-state index contributed by atoms with van der Waals surface area (Å²) in [5, 5.41) is 11.4. The van der Waals surface area contributed by atoms with Crippen molar-refractivity contribution in [3.63, 3.8) is 0 Å². The van der Waals surface area contributed by atoms with Gasteiger partial charge >= 0.3 is 0 Å². The molecular weight excluding hydrogens is 374 g/mol. The normalized spacial score (nSPS) is 10.9. The fourth-order valence-electron chi connectivity index (χ4n) is 2.50. The maximum atomic E-state index is 12.6. The van der Waals surface area contributed by atoms with Crippen LogP contribution in [0.3, 0.4) is 0 Å². The minimum atomic E-state index is -1.40. The quantitative estimate of drug-likeness (QED) is 0.536. The van der Waals surface area contributed by atoms with Gasteiger partial charge in [0, 0.05) is 43.0 Å². The van der Waals surface area contributed by atoms with E-state index in [4.69, 9.17) is 9.84 Å². The molecule has 0 radical (unpaired) electrons. The number of aliphatic hydroxyl groups is 1. The molecule has 1 aromatic carbocycles. The highest BCUT2D eigenvalue weighted by molar-refractivity contribution is 6.10. The average Bonchev–Trinajstić information content (AvgIpc) is 2.77. The lowest BCUT2D eigenvalue weighted by molar-refractivity contribution is -0.135. The predicted molar refractivity (Wildman–Crippen MR) is 105 cm³/mol. The van der Waals surface area contributed by atoms with E-state index in [9.17, 15) is 14.4 Å².